The quantitative estimate of drug-likeness (QED) is 0.163. The Bertz CT molecular complexity index is 6180. The average molecular weight is 1510 g/mol. The summed E-state index contributed by atoms with van der Waals surface area (Å²) in [5, 5.41) is 9.49. The summed E-state index contributed by atoms with van der Waals surface area (Å²) in [6.07, 6.45) is 7.58. The molecule has 10 aromatic carbocycles. The summed E-state index contributed by atoms with van der Waals surface area (Å²) < 4.78 is 9.32. The predicted octanol–water partition coefficient (Wildman–Crippen LogP) is 22.4. The molecule has 496 valence electrons. The molecular formula is C92H68N10Pt. The van der Waals surface area contributed by atoms with Gasteiger partial charge in [-0.1, -0.05) is 193 Å². The van der Waals surface area contributed by atoms with E-state index in [1.807, 2.05) is 43.0 Å². The van der Waals surface area contributed by atoms with Gasteiger partial charge in [-0.2, -0.15) is 12.1 Å². The van der Waals surface area contributed by atoms with E-state index in [2.05, 4.69) is 320 Å². The second-order valence-electron chi connectivity index (χ2n) is 30.1. The number of anilines is 6. The van der Waals surface area contributed by atoms with Gasteiger partial charge in [-0.3, -0.25) is 9.13 Å². The van der Waals surface area contributed by atoms with Gasteiger partial charge in [0.1, 0.15) is 22.6 Å². The van der Waals surface area contributed by atoms with Crippen LogP contribution in [0.25, 0.3) is 110 Å². The molecule has 8 aromatic heterocycles. The number of fused-ring (bicyclic) bond motifs is 20. The minimum atomic E-state index is -0.276. The number of nitrogens with zero attached hydrogens (tertiary/aromatic N) is 10. The predicted molar refractivity (Wildman–Crippen MR) is 417 cm³/mol. The smallest absolute Gasteiger partial charge is 0.358 e. The first kappa shape index (κ1) is 61.2. The molecule has 0 unspecified atom stereocenters. The molecule has 10 nitrogen and oxygen atoms in total. The molecule has 0 fully saturated rings. The summed E-state index contributed by atoms with van der Waals surface area (Å²) in [7, 11) is 0. The average Bonchev–Trinajstić information content (AvgIpc) is 1.67. The van der Waals surface area contributed by atoms with E-state index in [0.717, 1.165) is 89.6 Å². The third-order valence-electron chi connectivity index (χ3n) is 23.3. The van der Waals surface area contributed by atoms with Crippen LogP contribution in [0, 0.1) is 12.1 Å². The first-order valence-electron chi connectivity index (χ1n) is 35.4. The third kappa shape index (κ3) is 8.24. The Labute approximate surface area is 610 Å². The molecule has 11 heteroatoms. The number of aromatic nitrogens is 8. The molecule has 18 aromatic rings. The zero-order chi connectivity index (χ0) is 68.4. The fraction of sp³-hybridized carbons (Fsp3) is 0.130. The van der Waals surface area contributed by atoms with Gasteiger partial charge in [0.2, 0.25) is 0 Å². The Morgan fingerprint density at radius 1 is 0.262 bits per heavy atom. The van der Waals surface area contributed by atoms with Crippen LogP contribution in [0.15, 0.2) is 267 Å². The standard InChI is InChI=1S/C46H35N5.C46H33N5.Pt/c2*1-45(2)34-19-6-8-22-39(34)49(28-13-9-14-29(25-28)50-38-21-7-5-15-30(38)32-17-11-23-47-43(32)50)40-27-41-37(26-36(40)45)46(3,4)35-20-10-16-31-33-18-12-24-48-44(33)51(41)42(31)35;/h5-27H,1-4H3;5-24,26H,1-4H3;/q;-2;+2. The van der Waals surface area contributed by atoms with Crippen LogP contribution in [0.2, 0.25) is 0 Å². The maximum atomic E-state index is 5.00. The van der Waals surface area contributed by atoms with Crippen molar-refractivity contribution in [3.63, 3.8) is 0 Å². The van der Waals surface area contributed by atoms with Crippen molar-refractivity contribution in [3.8, 4) is 22.7 Å². The van der Waals surface area contributed by atoms with E-state index in [0.29, 0.717) is 0 Å². The van der Waals surface area contributed by atoms with Crippen molar-refractivity contribution in [2.45, 2.75) is 77.0 Å². The van der Waals surface area contributed by atoms with E-state index >= 15 is 0 Å². The first-order valence-corrected chi connectivity index (χ1v) is 35.4. The number of hydrogen-bond acceptors (Lipinski definition) is 6. The number of para-hydroxylation sites is 6. The maximum Gasteiger partial charge on any atom is 2.00 e. The Kier molecular flexibility index (Phi) is 12.9. The molecule has 0 N–H and O–H groups in total. The monoisotopic (exact) mass is 1510 g/mol. The van der Waals surface area contributed by atoms with Gasteiger partial charge < -0.3 is 18.9 Å². The van der Waals surface area contributed by atoms with Crippen molar-refractivity contribution in [1.29, 1.82) is 0 Å². The van der Waals surface area contributed by atoms with Crippen molar-refractivity contribution in [3.05, 3.63) is 324 Å². The largest absolute Gasteiger partial charge is 2.00 e. The molecule has 0 atom stereocenters. The van der Waals surface area contributed by atoms with Crippen LogP contribution in [0.3, 0.4) is 0 Å². The van der Waals surface area contributed by atoms with Crippen LogP contribution in [-0.4, -0.2) is 38.2 Å². The van der Waals surface area contributed by atoms with E-state index in [1.165, 1.54) is 99.5 Å². The Morgan fingerprint density at radius 3 is 1.30 bits per heavy atom. The normalized spacial score (nSPS) is 15.2. The van der Waals surface area contributed by atoms with Crippen LogP contribution in [0.1, 0.15) is 99.9 Å². The second kappa shape index (κ2) is 21.7. The number of hydrogen-bond donors (Lipinski definition) is 0. The molecule has 0 spiro atoms. The fourth-order valence-corrected chi connectivity index (χ4v) is 18.4. The molecule has 0 amide bonds. The minimum Gasteiger partial charge on any atom is -0.358 e. The van der Waals surface area contributed by atoms with Crippen molar-refractivity contribution in [1.82, 2.24) is 38.2 Å². The molecule has 0 saturated carbocycles. The molecule has 4 aliphatic rings. The Hall–Kier alpha value is -11.7. The van der Waals surface area contributed by atoms with Crippen molar-refractivity contribution >= 4 is 122 Å². The molecule has 4 aliphatic heterocycles. The first-order chi connectivity index (χ1) is 49.7. The maximum absolute atomic E-state index is 5.00. The second-order valence-corrected chi connectivity index (χ2v) is 30.1. The van der Waals surface area contributed by atoms with E-state index in [9.17, 15) is 0 Å². The summed E-state index contributed by atoms with van der Waals surface area (Å²) in [6, 6.07) is 96.0. The van der Waals surface area contributed by atoms with E-state index in [-0.39, 0.29) is 42.7 Å². The SMILES string of the molecule is CC1(C)c2cc3c([c-]c2N(c2[c-]c(-n4c5ccccc5c5cccnc54)ccc2)c2ccccc21)-n1c2ncccc2c2cccc(c21)C3(C)C.CC1(C)c2ccccc2N(c2cccc(-n3c4ccccc4c4cccnc43)c2)c2cc3c(cc21)C(C)(C)c1cccc2c4cccnc4n-3c12.[Pt+2]. The molecule has 12 heterocycles. The van der Waals surface area contributed by atoms with Crippen LogP contribution in [0.5, 0.6) is 0 Å². The number of rotatable bonds is 4. The van der Waals surface area contributed by atoms with Crippen molar-refractivity contribution in [2.24, 2.45) is 0 Å². The van der Waals surface area contributed by atoms with Gasteiger partial charge in [-0.05, 0) is 147 Å². The van der Waals surface area contributed by atoms with Crippen molar-refractivity contribution < 1.29 is 21.1 Å². The number of pyridine rings is 4. The van der Waals surface area contributed by atoms with E-state index in [4.69, 9.17) is 19.9 Å². The minimum absolute atomic E-state index is 0. The van der Waals surface area contributed by atoms with Crippen LogP contribution in [-0.2, 0) is 42.7 Å². The Balaban J connectivity index is 0.000000136. The molecule has 0 bridgehead atoms. The summed E-state index contributed by atoms with van der Waals surface area (Å²) in [5.74, 6) is 0. The van der Waals surface area contributed by atoms with E-state index in [1.54, 1.807) is 0 Å². The van der Waals surface area contributed by atoms with Crippen LogP contribution in [0.4, 0.5) is 34.1 Å². The third-order valence-corrected chi connectivity index (χ3v) is 23.3. The zero-order valence-electron chi connectivity index (χ0n) is 58.2. The summed E-state index contributed by atoms with van der Waals surface area (Å²) in [4.78, 5) is 24.6. The zero-order valence-corrected chi connectivity index (χ0v) is 60.5. The molecule has 0 aliphatic carbocycles. The van der Waals surface area contributed by atoms with Gasteiger partial charge in [0.05, 0.1) is 39.1 Å². The van der Waals surface area contributed by atoms with E-state index < -0.39 is 0 Å². The van der Waals surface area contributed by atoms with Gasteiger partial charge in [0.25, 0.3) is 0 Å². The summed E-state index contributed by atoms with van der Waals surface area (Å²) in [5.41, 5.74) is 28.8. The molecule has 0 radical (unpaired) electrons. The van der Waals surface area contributed by atoms with Gasteiger partial charge in [0.15, 0.2) is 0 Å². The summed E-state index contributed by atoms with van der Waals surface area (Å²) >= 11 is 0. The molecule has 103 heavy (non-hydrogen) atoms. The van der Waals surface area contributed by atoms with Crippen molar-refractivity contribution in [2.75, 3.05) is 9.80 Å². The van der Waals surface area contributed by atoms with Crippen LogP contribution >= 0.6 is 0 Å². The summed E-state index contributed by atoms with van der Waals surface area (Å²) in [6.45, 7) is 18.9. The van der Waals surface area contributed by atoms with Gasteiger partial charge >= 0.3 is 21.1 Å². The fourth-order valence-electron chi connectivity index (χ4n) is 18.4. The molecule has 0 saturated heterocycles. The number of benzene rings is 10. The van der Waals surface area contributed by atoms with Crippen LogP contribution < -0.4 is 9.80 Å². The Morgan fingerprint density at radius 2 is 0.670 bits per heavy atom. The van der Waals surface area contributed by atoms with Gasteiger partial charge in [-0.25, -0.2) is 19.9 Å². The van der Waals surface area contributed by atoms with Gasteiger partial charge in [0, 0.05) is 95.8 Å². The molecule has 22 rings (SSSR count). The van der Waals surface area contributed by atoms with Gasteiger partial charge in [-0.15, -0.1) is 35.4 Å². The molecular weight excluding hydrogens is 1440 g/mol. The topological polar surface area (TPSA) is 77.8 Å².